The number of nitrogens with one attached hydrogen (secondary N) is 1. The van der Waals surface area contributed by atoms with E-state index in [-0.39, 0.29) is 0 Å². The lowest BCUT2D eigenvalue weighted by atomic mass is 9.59. The fraction of sp³-hybridized carbons (Fsp3) is 0.684. The van der Waals surface area contributed by atoms with E-state index in [1.165, 1.54) is 57.2 Å². The zero-order chi connectivity index (χ0) is 14.0. The Morgan fingerprint density at radius 2 is 2.00 bits per heavy atom. The van der Waals surface area contributed by atoms with Gasteiger partial charge in [-0.3, -0.25) is 0 Å². The van der Waals surface area contributed by atoms with Crippen LogP contribution < -0.4 is 5.32 Å². The summed E-state index contributed by atoms with van der Waals surface area (Å²) < 4.78 is 0. The maximum atomic E-state index is 3.65. The van der Waals surface area contributed by atoms with Gasteiger partial charge in [-0.1, -0.05) is 43.2 Å². The Morgan fingerprint density at radius 3 is 2.70 bits per heavy atom. The molecule has 1 saturated heterocycles. The second kappa shape index (κ2) is 5.89. The molecule has 1 heteroatoms. The quantitative estimate of drug-likeness (QED) is 0.825. The summed E-state index contributed by atoms with van der Waals surface area (Å²) in [5.41, 5.74) is 3.57. The average Bonchev–Trinajstić information content (AvgIpc) is 2.48. The summed E-state index contributed by atoms with van der Waals surface area (Å²) in [7, 11) is 0. The van der Waals surface area contributed by atoms with Gasteiger partial charge in [-0.25, -0.2) is 0 Å². The van der Waals surface area contributed by atoms with Crippen molar-refractivity contribution in [2.45, 2.75) is 58.3 Å². The highest BCUT2D eigenvalue weighted by molar-refractivity contribution is 5.28. The van der Waals surface area contributed by atoms with Gasteiger partial charge >= 0.3 is 0 Å². The van der Waals surface area contributed by atoms with Crippen molar-refractivity contribution in [1.82, 2.24) is 5.32 Å². The van der Waals surface area contributed by atoms with Crippen LogP contribution in [0.2, 0.25) is 0 Å². The van der Waals surface area contributed by atoms with Crippen LogP contribution in [0.4, 0.5) is 0 Å². The molecule has 2 aliphatic rings. The minimum atomic E-state index is 0.588. The first-order valence-electron chi connectivity index (χ1n) is 8.51. The largest absolute Gasteiger partial charge is 0.316 e. The van der Waals surface area contributed by atoms with E-state index in [2.05, 4.69) is 43.4 Å². The highest BCUT2D eigenvalue weighted by Crippen LogP contribution is 2.52. The molecule has 0 bridgehead atoms. The topological polar surface area (TPSA) is 12.0 Å². The number of piperidine rings is 1. The van der Waals surface area contributed by atoms with Gasteiger partial charge in [-0.15, -0.1) is 0 Å². The molecule has 1 saturated carbocycles. The summed E-state index contributed by atoms with van der Waals surface area (Å²) in [5, 5.41) is 3.65. The molecule has 1 aromatic rings. The van der Waals surface area contributed by atoms with Crippen LogP contribution in [0.3, 0.4) is 0 Å². The summed E-state index contributed by atoms with van der Waals surface area (Å²) in [4.78, 5) is 0. The van der Waals surface area contributed by atoms with Gasteiger partial charge in [0.25, 0.3) is 0 Å². The molecule has 3 rings (SSSR count). The lowest BCUT2D eigenvalue weighted by Crippen LogP contribution is -2.45. The zero-order valence-electron chi connectivity index (χ0n) is 13.1. The number of hydrogen-bond acceptors (Lipinski definition) is 1. The summed E-state index contributed by atoms with van der Waals surface area (Å²) in [6, 6.07) is 9.24. The SMILES string of the molecule is CCC1CCC2(CCNCC2c2cccc(C)c2)CC1. The van der Waals surface area contributed by atoms with Crippen molar-refractivity contribution in [2.24, 2.45) is 11.3 Å². The summed E-state index contributed by atoms with van der Waals surface area (Å²) in [6.07, 6.45) is 8.57. The van der Waals surface area contributed by atoms with E-state index in [0.717, 1.165) is 11.8 Å². The number of rotatable bonds is 2. The van der Waals surface area contributed by atoms with Crippen molar-refractivity contribution in [3.05, 3.63) is 35.4 Å². The Balaban J connectivity index is 1.84. The van der Waals surface area contributed by atoms with E-state index in [9.17, 15) is 0 Å². The first-order valence-corrected chi connectivity index (χ1v) is 8.51. The maximum Gasteiger partial charge on any atom is 0.00255 e. The molecular weight excluding hydrogens is 242 g/mol. The monoisotopic (exact) mass is 271 g/mol. The second-order valence-corrected chi connectivity index (χ2v) is 7.13. The van der Waals surface area contributed by atoms with Crippen LogP contribution in [0, 0.1) is 18.3 Å². The Morgan fingerprint density at radius 1 is 1.20 bits per heavy atom. The van der Waals surface area contributed by atoms with Crippen molar-refractivity contribution in [1.29, 1.82) is 0 Å². The van der Waals surface area contributed by atoms with Gasteiger partial charge in [0.15, 0.2) is 0 Å². The van der Waals surface area contributed by atoms with Crippen LogP contribution in [-0.2, 0) is 0 Å². The van der Waals surface area contributed by atoms with Crippen molar-refractivity contribution in [3.63, 3.8) is 0 Å². The minimum Gasteiger partial charge on any atom is -0.316 e. The van der Waals surface area contributed by atoms with Crippen molar-refractivity contribution in [2.75, 3.05) is 13.1 Å². The van der Waals surface area contributed by atoms with E-state index in [0.29, 0.717) is 5.41 Å². The van der Waals surface area contributed by atoms with Crippen molar-refractivity contribution >= 4 is 0 Å². The Hall–Kier alpha value is -0.820. The molecule has 1 unspecified atom stereocenters. The predicted molar refractivity (Wildman–Crippen MR) is 86.1 cm³/mol. The van der Waals surface area contributed by atoms with Crippen LogP contribution in [0.1, 0.15) is 62.5 Å². The van der Waals surface area contributed by atoms with Gasteiger partial charge in [0.1, 0.15) is 0 Å². The molecule has 0 radical (unpaired) electrons. The molecule has 1 heterocycles. The maximum absolute atomic E-state index is 3.65. The van der Waals surface area contributed by atoms with Gasteiger partial charge in [0.05, 0.1) is 0 Å². The molecule has 1 atom stereocenters. The fourth-order valence-electron chi connectivity index (χ4n) is 4.59. The summed E-state index contributed by atoms with van der Waals surface area (Å²) in [5.74, 6) is 1.72. The zero-order valence-corrected chi connectivity index (χ0v) is 13.1. The second-order valence-electron chi connectivity index (χ2n) is 7.13. The van der Waals surface area contributed by atoms with Gasteiger partial charge in [-0.2, -0.15) is 0 Å². The first kappa shape index (κ1) is 14.1. The standard InChI is InChI=1S/C19H29N/c1-3-16-7-9-19(10-8-16)11-12-20-14-18(19)17-6-4-5-15(2)13-17/h4-6,13,16,18,20H,3,7-12,14H2,1-2H3. The molecule has 1 aliphatic carbocycles. The number of hydrogen-bond donors (Lipinski definition) is 1. The molecule has 1 nitrogen and oxygen atoms in total. The molecule has 110 valence electrons. The van der Waals surface area contributed by atoms with Crippen LogP contribution in [0.15, 0.2) is 24.3 Å². The highest BCUT2D eigenvalue weighted by atomic mass is 14.9. The van der Waals surface area contributed by atoms with Crippen LogP contribution in [0.25, 0.3) is 0 Å². The van der Waals surface area contributed by atoms with E-state index in [4.69, 9.17) is 0 Å². The number of benzene rings is 1. The van der Waals surface area contributed by atoms with E-state index in [1.54, 1.807) is 5.56 Å². The van der Waals surface area contributed by atoms with E-state index < -0.39 is 0 Å². The molecule has 1 aliphatic heterocycles. The normalized spacial score (nSPS) is 34.3. The molecule has 1 spiro atoms. The predicted octanol–water partition coefficient (Wildman–Crippen LogP) is 4.66. The van der Waals surface area contributed by atoms with Gasteiger partial charge in [-0.05, 0) is 62.5 Å². The van der Waals surface area contributed by atoms with Crippen LogP contribution >= 0.6 is 0 Å². The molecular formula is C19H29N. The van der Waals surface area contributed by atoms with Crippen LogP contribution in [-0.4, -0.2) is 13.1 Å². The first-order chi connectivity index (χ1) is 9.73. The highest BCUT2D eigenvalue weighted by Gasteiger charge is 2.43. The van der Waals surface area contributed by atoms with E-state index in [1.807, 2.05) is 0 Å². The molecule has 0 aromatic heterocycles. The smallest absolute Gasteiger partial charge is 0.00255 e. The lowest BCUT2D eigenvalue weighted by molar-refractivity contribution is 0.0782. The lowest BCUT2D eigenvalue weighted by Gasteiger charge is -2.49. The summed E-state index contributed by atoms with van der Waals surface area (Å²) in [6.45, 7) is 6.99. The molecule has 0 amide bonds. The Bertz CT molecular complexity index is 443. The molecule has 20 heavy (non-hydrogen) atoms. The fourth-order valence-corrected chi connectivity index (χ4v) is 4.59. The van der Waals surface area contributed by atoms with Gasteiger partial charge in [0, 0.05) is 12.5 Å². The third kappa shape index (κ3) is 2.65. The van der Waals surface area contributed by atoms with Gasteiger partial charge in [0.2, 0.25) is 0 Å². The third-order valence-corrected chi connectivity index (χ3v) is 6.01. The Labute approximate surface area is 124 Å². The average molecular weight is 271 g/mol. The Kier molecular flexibility index (Phi) is 4.16. The minimum absolute atomic E-state index is 0.588. The number of aryl methyl sites for hydroxylation is 1. The van der Waals surface area contributed by atoms with Crippen molar-refractivity contribution < 1.29 is 0 Å². The molecule has 1 aromatic carbocycles. The molecule has 2 fully saturated rings. The third-order valence-electron chi connectivity index (χ3n) is 6.01. The van der Waals surface area contributed by atoms with Crippen molar-refractivity contribution in [3.8, 4) is 0 Å². The summed E-state index contributed by atoms with van der Waals surface area (Å²) >= 11 is 0. The van der Waals surface area contributed by atoms with Crippen LogP contribution in [0.5, 0.6) is 0 Å². The van der Waals surface area contributed by atoms with E-state index >= 15 is 0 Å². The van der Waals surface area contributed by atoms with Gasteiger partial charge < -0.3 is 5.32 Å². The molecule has 1 N–H and O–H groups in total.